The Labute approximate surface area is 123 Å². The minimum atomic E-state index is -0.483. The van der Waals surface area contributed by atoms with Crippen LogP contribution in [-0.2, 0) is 0 Å². The fourth-order valence-electron chi connectivity index (χ4n) is 2.22. The standard InChI is InChI=1S/C14H21N5O2/c1-10(2)5-4-6-11(3)16-12-7-8-13-15-9-14(19(20)21)18(13)17-12/h7-11H,4-6H2,1-3H3,(H,16,17). The van der Waals surface area contributed by atoms with Crippen LogP contribution in [-0.4, -0.2) is 25.6 Å². The highest BCUT2D eigenvalue weighted by molar-refractivity contribution is 5.48. The van der Waals surface area contributed by atoms with E-state index in [0.29, 0.717) is 17.4 Å². The molecule has 1 atom stereocenters. The lowest BCUT2D eigenvalue weighted by atomic mass is 10.0. The number of nitrogens with one attached hydrogen (secondary N) is 1. The molecule has 0 radical (unpaired) electrons. The molecule has 0 saturated carbocycles. The predicted octanol–water partition coefficient (Wildman–Crippen LogP) is 3.26. The van der Waals surface area contributed by atoms with Crippen LogP contribution in [0, 0.1) is 16.0 Å². The molecule has 2 rings (SSSR count). The third-order valence-electron chi connectivity index (χ3n) is 3.34. The maximum atomic E-state index is 10.9. The lowest BCUT2D eigenvalue weighted by Crippen LogP contribution is -2.17. The van der Waals surface area contributed by atoms with E-state index in [4.69, 9.17) is 0 Å². The third kappa shape index (κ3) is 3.90. The molecular weight excluding hydrogens is 270 g/mol. The first-order valence-corrected chi connectivity index (χ1v) is 7.23. The molecule has 0 fully saturated rings. The second-order valence-corrected chi connectivity index (χ2v) is 5.73. The summed E-state index contributed by atoms with van der Waals surface area (Å²) in [4.78, 5) is 14.4. The van der Waals surface area contributed by atoms with E-state index in [9.17, 15) is 10.1 Å². The Morgan fingerprint density at radius 2 is 2.10 bits per heavy atom. The van der Waals surface area contributed by atoms with Gasteiger partial charge in [-0.2, -0.15) is 0 Å². The van der Waals surface area contributed by atoms with Crippen molar-refractivity contribution in [3.8, 4) is 0 Å². The van der Waals surface area contributed by atoms with Gasteiger partial charge in [0.05, 0.1) is 0 Å². The van der Waals surface area contributed by atoms with Crippen LogP contribution >= 0.6 is 0 Å². The van der Waals surface area contributed by atoms with Gasteiger partial charge in [-0.3, -0.25) is 0 Å². The zero-order valence-corrected chi connectivity index (χ0v) is 12.6. The Hall–Kier alpha value is -2.18. The number of nitrogens with zero attached hydrogens (tertiary/aromatic N) is 4. The van der Waals surface area contributed by atoms with E-state index in [1.807, 2.05) is 0 Å². The highest BCUT2D eigenvalue weighted by atomic mass is 16.6. The highest BCUT2D eigenvalue weighted by Crippen LogP contribution is 2.16. The number of aromatic nitrogens is 3. The van der Waals surface area contributed by atoms with Gasteiger partial charge in [0.25, 0.3) is 0 Å². The predicted molar refractivity (Wildman–Crippen MR) is 81.4 cm³/mol. The first-order chi connectivity index (χ1) is 9.97. The number of hydrogen-bond acceptors (Lipinski definition) is 5. The van der Waals surface area contributed by atoms with Gasteiger partial charge in [0.15, 0.2) is 5.82 Å². The maximum absolute atomic E-state index is 10.9. The summed E-state index contributed by atoms with van der Waals surface area (Å²) in [6, 6.07) is 3.80. The topological polar surface area (TPSA) is 85.4 Å². The van der Waals surface area contributed by atoms with Crippen molar-refractivity contribution in [1.29, 1.82) is 0 Å². The van der Waals surface area contributed by atoms with Crippen molar-refractivity contribution in [2.75, 3.05) is 5.32 Å². The molecule has 0 saturated heterocycles. The molecule has 1 N–H and O–H groups in total. The second-order valence-electron chi connectivity index (χ2n) is 5.73. The lowest BCUT2D eigenvalue weighted by molar-refractivity contribution is -0.391. The van der Waals surface area contributed by atoms with Crippen molar-refractivity contribution in [3.63, 3.8) is 0 Å². The SMILES string of the molecule is CC(C)CCCC(C)Nc1ccc2ncc([N+](=O)[O-])n2n1. The summed E-state index contributed by atoms with van der Waals surface area (Å²) in [6.07, 6.45) is 4.62. The van der Waals surface area contributed by atoms with Crippen LogP contribution in [0.15, 0.2) is 18.3 Å². The van der Waals surface area contributed by atoms with E-state index >= 15 is 0 Å². The Bertz CT molecular complexity index is 623. The molecule has 0 amide bonds. The van der Waals surface area contributed by atoms with Gasteiger partial charge < -0.3 is 15.4 Å². The molecule has 0 spiro atoms. The molecule has 0 aliphatic carbocycles. The number of imidazole rings is 1. The van der Waals surface area contributed by atoms with Crippen molar-refractivity contribution in [1.82, 2.24) is 14.6 Å². The molecule has 2 heterocycles. The van der Waals surface area contributed by atoms with Crippen LogP contribution in [0.4, 0.5) is 11.6 Å². The summed E-state index contributed by atoms with van der Waals surface area (Å²) in [5, 5.41) is 18.4. The number of anilines is 1. The number of hydrogen-bond donors (Lipinski definition) is 1. The Morgan fingerprint density at radius 1 is 1.33 bits per heavy atom. The molecule has 2 aromatic heterocycles. The van der Waals surface area contributed by atoms with E-state index in [0.717, 1.165) is 12.8 Å². The molecule has 0 aliphatic heterocycles. The van der Waals surface area contributed by atoms with E-state index in [1.54, 1.807) is 12.1 Å². The number of fused-ring (bicyclic) bond motifs is 1. The first-order valence-electron chi connectivity index (χ1n) is 7.23. The number of rotatable bonds is 7. The van der Waals surface area contributed by atoms with E-state index in [-0.39, 0.29) is 11.9 Å². The summed E-state index contributed by atoms with van der Waals surface area (Å²) < 4.78 is 1.25. The van der Waals surface area contributed by atoms with Crippen molar-refractivity contribution in [3.05, 3.63) is 28.4 Å². The van der Waals surface area contributed by atoms with Gasteiger partial charge in [-0.1, -0.05) is 36.3 Å². The van der Waals surface area contributed by atoms with E-state index in [2.05, 4.69) is 36.2 Å². The molecule has 7 nitrogen and oxygen atoms in total. The van der Waals surface area contributed by atoms with Crippen LogP contribution in [0.1, 0.15) is 40.0 Å². The molecule has 2 aromatic rings. The first kappa shape index (κ1) is 15.2. The Kier molecular flexibility index (Phi) is 4.72. The van der Waals surface area contributed by atoms with Gasteiger partial charge in [-0.25, -0.2) is 4.98 Å². The van der Waals surface area contributed by atoms with Gasteiger partial charge in [0.1, 0.15) is 6.20 Å². The van der Waals surface area contributed by atoms with Gasteiger partial charge in [-0.05, 0) is 30.3 Å². The normalized spacial score (nSPS) is 12.8. The molecular formula is C14H21N5O2. The van der Waals surface area contributed by atoms with Crippen molar-refractivity contribution in [2.24, 2.45) is 5.92 Å². The Balaban J connectivity index is 2.05. The number of nitro groups is 1. The summed E-state index contributed by atoms with van der Waals surface area (Å²) in [6.45, 7) is 6.52. The zero-order valence-electron chi connectivity index (χ0n) is 12.6. The quantitative estimate of drug-likeness (QED) is 0.625. The minimum Gasteiger partial charge on any atom is -0.365 e. The van der Waals surface area contributed by atoms with Crippen LogP contribution in [0.2, 0.25) is 0 Å². The third-order valence-corrected chi connectivity index (χ3v) is 3.34. The van der Waals surface area contributed by atoms with Crippen molar-refractivity contribution >= 4 is 17.3 Å². The summed E-state index contributed by atoms with van der Waals surface area (Å²) in [5.74, 6) is 1.21. The molecule has 0 aromatic carbocycles. The fourth-order valence-corrected chi connectivity index (χ4v) is 2.22. The van der Waals surface area contributed by atoms with Gasteiger partial charge >= 0.3 is 5.82 Å². The summed E-state index contributed by atoms with van der Waals surface area (Å²) >= 11 is 0. The van der Waals surface area contributed by atoms with Crippen LogP contribution < -0.4 is 5.32 Å². The smallest absolute Gasteiger partial charge is 0.365 e. The van der Waals surface area contributed by atoms with Crippen molar-refractivity contribution < 1.29 is 4.92 Å². The molecule has 21 heavy (non-hydrogen) atoms. The van der Waals surface area contributed by atoms with Crippen LogP contribution in [0.5, 0.6) is 0 Å². The monoisotopic (exact) mass is 291 g/mol. The average molecular weight is 291 g/mol. The largest absolute Gasteiger partial charge is 0.368 e. The van der Waals surface area contributed by atoms with Crippen LogP contribution in [0.3, 0.4) is 0 Å². The van der Waals surface area contributed by atoms with Gasteiger partial charge in [0.2, 0.25) is 5.65 Å². The minimum absolute atomic E-state index is 0.124. The molecule has 7 heteroatoms. The van der Waals surface area contributed by atoms with Crippen LogP contribution in [0.25, 0.3) is 5.65 Å². The van der Waals surface area contributed by atoms with E-state index in [1.165, 1.54) is 17.1 Å². The average Bonchev–Trinajstić information content (AvgIpc) is 2.81. The Morgan fingerprint density at radius 3 is 2.76 bits per heavy atom. The lowest BCUT2D eigenvalue weighted by Gasteiger charge is -2.14. The van der Waals surface area contributed by atoms with Gasteiger partial charge in [0, 0.05) is 12.1 Å². The van der Waals surface area contributed by atoms with Gasteiger partial charge in [-0.15, -0.1) is 0 Å². The molecule has 0 bridgehead atoms. The maximum Gasteiger partial charge on any atom is 0.368 e. The molecule has 1 unspecified atom stereocenters. The van der Waals surface area contributed by atoms with Crippen molar-refractivity contribution in [2.45, 2.75) is 46.1 Å². The molecule has 114 valence electrons. The second kappa shape index (κ2) is 6.51. The zero-order chi connectivity index (χ0) is 15.4. The highest BCUT2D eigenvalue weighted by Gasteiger charge is 2.16. The summed E-state index contributed by atoms with van der Waals surface area (Å²) in [7, 11) is 0. The summed E-state index contributed by atoms with van der Waals surface area (Å²) in [5.41, 5.74) is 0.472. The molecule has 0 aliphatic rings. The van der Waals surface area contributed by atoms with E-state index < -0.39 is 4.92 Å². The fraction of sp³-hybridized carbons (Fsp3) is 0.571.